The molecule has 1 aliphatic rings. The van der Waals surface area contributed by atoms with Crippen LogP contribution in [0.3, 0.4) is 0 Å². The van der Waals surface area contributed by atoms with Crippen molar-refractivity contribution >= 4 is 45.2 Å². The Morgan fingerprint density at radius 2 is 2.04 bits per heavy atom. The third-order valence-corrected chi connectivity index (χ3v) is 5.58. The molecule has 1 heterocycles. The van der Waals surface area contributed by atoms with Crippen LogP contribution < -0.4 is 10.1 Å². The Bertz CT molecular complexity index is 745. The van der Waals surface area contributed by atoms with Crippen LogP contribution in [0.1, 0.15) is 12.5 Å². The first kappa shape index (κ1) is 16.9. The van der Waals surface area contributed by atoms with Gasteiger partial charge in [0.15, 0.2) is 0 Å². The highest BCUT2D eigenvalue weighted by molar-refractivity contribution is 8.38. The highest BCUT2D eigenvalue weighted by Gasteiger charge is 2.14. The molecule has 0 saturated carbocycles. The summed E-state index contributed by atoms with van der Waals surface area (Å²) < 4.78 is 6.33. The van der Waals surface area contributed by atoms with Crippen molar-refractivity contribution in [2.75, 3.05) is 17.7 Å². The molecule has 2 aromatic carbocycles. The summed E-state index contributed by atoms with van der Waals surface area (Å²) in [6.45, 7) is 2.57. The van der Waals surface area contributed by atoms with Gasteiger partial charge in [0.25, 0.3) is 0 Å². The van der Waals surface area contributed by atoms with E-state index in [4.69, 9.17) is 4.74 Å². The molecule has 0 bridgehead atoms. The monoisotopic (exact) mass is 358 g/mol. The molecule has 0 aromatic heterocycles. The highest BCUT2D eigenvalue weighted by atomic mass is 32.2. The number of thioether (sulfide) groups is 2. The Morgan fingerprint density at radius 3 is 2.83 bits per heavy atom. The maximum absolute atomic E-state index is 12.1. The Kier molecular flexibility index (Phi) is 5.82. The first-order chi connectivity index (χ1) is 11.7. The fourth-order valence-corrected chi connectivity index (χ4v) is 4.07. The normalized spacial score (nSPS) is 13.0. The molecule has 0 saturated heterocycles. The van der Waals surface area contributed by atoms with E-state index in [1.807, 2.05) is 49.4 Å². The second-order valence-corrected chi connectivity index (χ2v) is 7.28. The predicted molar refractivity (Wildman–Crippen MR) is 104 cm³/mol. The number of amides is 1. The summed E-state index contributed by atoms with van der Waals surface area (Å²) in [7, 11) is 0. The molecule has 1 amide bonds. The Balaban J connectivity index is 1.52. The highest BCUT2D eigenvalue weighted by Crippen LogP contribution is 2.34. The van der Waals surface area contributed by atoms with Crippen LogP contribution in [0.25, 0.3) is 0 Å². The molecule has 1 N–H and O–H groups in total. The number of benzene rings is 2. The lowest BCUT2D eigenvalue weighted by molar-refractivity contribution is -0.113. The molecular weight excluding hydrogens is 340 g/mol. The number of aliphatic imine (C=N–C) groups is 1. The lowest BCUT2D eigenvalue weighted by Crippen LogP contribution is -2.15. The van der Waals surface area contributed by atoms with Crippen LogP contribution in [0.4, 0.5) is 11.4 Å². The van der Waals surface area contributed by atoms with Crippen LogP contribution in [0.5, 0.6) is 5.75 Å². The molecule has 2 aromatic rings. The first-order valence-electron chi connectivity index (χ1n) is 7.69. The van der Waals surface area contributed by atoms with Crippen molar-refractivity contribution in [2.24, 2.45) is 4.99 Å². The van der Waals surface area contributed by atoms with Gasteiger partial charge in [0, 0.05) is 11.4 Å². The van der Waals surface area contributed by atoms with Crippen LogP contribution >= 0.6 is 23.5 Å². The number of para-hydroxylation sites is 1. The third-order valence-electron chi connectivity index (χ3n) is 3.33. The van der Waals surface area contributed by atoms with Crippen LogP contribution in [-0.4, -0.2) is 22.6 Å². The van der Waals surface area contributed by atoms with Gasteiger partial charge in [-0.2, -0.15) is 0 Å². The van der Waals surface area contributed by atoms with E-state index in [2.05, 4.69) is 16.4 Å². The summed E-state index contributed by atoms with van der Waals surface area (Å²) in [5.41, 5.74) is 3.02. The van der Waals surface area contributed by atoms with Gasteiger partial charge in [0.2, 0.25) is 5.91 Å². The first-order valence-corrected chi connectivity index (χ1v) is 9.66. The summed E-state index contributed by atoms with van der Waals surface area (Å²) in [6.07, 6.45) is 0. The number of rotatable bonds is 5. The smallest absolute Gasteiger partial charge is 0.234 e. The van der Waals surface area contributed by atoms with Crippen LogP contribution in [0, 0.1) is 0 Å². The second-order valence-electron chi connectivity index (χ2n) is 5.09. The average molecular weight is 358 g/mol. The number of nitrogens with one attached hydrogen (secondary N) is 1. The molecule has 6 heteroatoms. The van der Waals surface area contributed by atoms with E-state index >= 15 is 0 Å². The Labute approximate surface area is 150 Å². The summed E-state index contributed by atoms with van der Waals surface area (Å²) in [6, 6.07) is 15.5. The molecule has 3 rings (SSSR count). The largest absolute Gasteiger partial charge is 0.494 e. The third kappa shape index (κ3) is 4.55. The zero-order chi connectivity index (χ0) is 16.8. The van der Waals surface area contributed by atoms with Gasteiger partial charge in [0.05, 0.1) is 18.0 Å². The molecule has 0 radical (unpaired) electrons. The van der Waals surface area contributed by atoms with Crippen LogP contribution in [0.15, 0.2) is 53.5 Å². The molecule has 0 aliphatic carbocycles. The number of ether oxygens (including phenoxy) is 1. The van der Waals surface area contributed by atoms with Crippen molar-refractivity contribution in [3.63, 3.8) is 0 Å². The second kappa shape index (κ2) is 8.26. The lowest BCUT2D eigenvalue weighted by atomic mass is 10.2. The van der Waals surface area contributed by atoms with Gasteiger partial charge in [-0.1, -0.05) is 41.7 Å². The number of anilines is 1. The van der Waals surface area contributed by atoms with E-state index in [-0.39, 0.29) is 5.91 Å². The van der Waals surface area contributed by atoms with E-state index in [1.165, 1.54) is 17.3 Å². The summed E-state index contributed by atoms with van der Waals surface area (Å²) in [4.78, 5) is 16.7. The number of carbonyl (C=O) groups excluding carboxylic acids is 1. The summed E-state index contributed by atoms with van der Waals surface area (Å²) in [5.74, 6) is 2.02. The van der Waals surface area contributed by atoms with Crippen molar-refractivity contribution in [2.45, 2.75) is 12.7 Å². The van der Waals surface area contributed by atoms with Crippen LogP contribution in [-0.2, 0) is 10.5 Å². The molecule has 1 aliphatic heterocycles. The average Bonchev–Trinajstić information content (AvgIpc) is 2.62. The number of hydrogen-bond acceptors (Lipinski definition) is 5. The number of hydrogen-bond donors (Lipinski definition) is 1. The zero-order valence-corrected chi connectivity index (χ0v) is 15.0. The molecule has 124 valence electrons. The molecular formula is C18H18N2O2S2. The van der Waals surface area contributed by atoms with E-state index in [1.54, 1.807) is 11.8 Å². The van der Waals surface area contributed by atoms with Gasteiger partial charge in [0.1, 0.15) is 10.1 Å². The van der Waals surface area contributed by atoms with E-state index in [9.17, 15) is 4.79 Å². The van der Waals surface area contributed by atoms with Crippen molar-refractivity contribution in [3.05, 3.63) is 54.1 Å². The zero-order valence-electron chi connectivity index (χ0n) is 13.3. The minimum absolute atomic E-state index is 0.0358. The number of carbonyl (C=O) groups is 1. The van der Waals surface area contributed by atoms with Gasteiger partial charge in [-0.15, -0.1) is 0 Å². The van der Waals surface area contributed by atoms with E-state index in [0.29, 0.717) is 12.4 Å². The van der Waals surface area contributed by atoms with Gasteiger partial charge < -0.3 is 10.1 Å². The molecule has 4 nitrogen and oxygen atoms in total. The van der Waals surface area contributed by atoms with E-state index in [0.717, 1.165) is 27.3 Å². The fourth-order valence-electron chi connectivity index (χ4n) is 2.21. The molecule has 0 spiro atoms. The summed E-state index contributed by atoms with van der Waals surface area (Å²) in [5, 5.41) is 2.89. The number of nitrogens with zero attached hydrogens (tertiary/aromatic N) is 1. The maximum Gasteiger partial charge on any atom is 0.234 e. The predicted octanol–water partition coefficient (Wildman–Crippen LogP) is 4.69. The Hall–Kier alpha value is -1.92. The van der Waals surface area contributed by atoms with E-state index < -0.39 is 0 Å². The van der Waals surface area contributed by atoms with Crippen molar-refractivity contribution in [1.82, 2.24) is 0 Å². The minimum Gasteiger partial charge on any atom is -0.494 e. The quantitative estimate of drug-likeness (QED) is 0.842. The standard InChI is InChI=1S/C18H18N2O2S2/c1-2-22-15-9-7-14(8-10-15)19-17(21)12-24-18-20-16-6-4-3-5-13(16)11-23-18/h3-10H,2,11-12H2,1H3,(H,19,21). The van der Waals surface area contributed by atoms with Gasteiger partial charge in [-0.3, -0.25) is 4.79 Å². The van der Waals surface area contributed by atoms with Gasteiger partial charge in [-0.25, -0.2) is 4.99 Å². The van der Waals surface area contributed by atoms with Crippen molar-refractivity contribution < 1.29 is 9.53 Å². The fraction of sp³-hybridized carbons (Fsp3) is 0.222. The van der Waals surface area contributed by atoms with Crippen molar-refractivity contribution in [1.29, 1.82) is 0 Å². The minimum atomic E-state index is -0.0358. The summed E-state index contributed by atoms with van der Waals surface area (Å²) >= 11 is 3.15. The SMILES string of the molecule is CCOc1ccc(NC(=O)CSC2=Nc3ccccc3CS2)cc1. The molecule has 0 fully saturated rings. The lowest BCUT2D eigenvalue weighted by Gasteiger charge is -2.14. The Morgan fingerprint density at radius 1 is 1.25 bits per heavy atom. The van der Waals surface area contributed by atoms with Gasteiger partial charge >= 0.3 is 0 Å². The van der Waals surface area contributed by atoms with Crippen LogP contribution in [0.2, 0.25) is 0 Å². The molecule has 0 atom stereocenters. The topological polar surface area (TPSA) is 50.7 Å². The van der Waals surface area contributed by atoms with Crippen molar-refractivity contribution in [3.8, 4) is 5.75 Å². The number of fused-ring (bicyclic) bond motifs is 1. The maximum atomic E-state index is 12.1. The van der Waals surface area contributed by atoms with Gasteiger partial charge in [-0.05, 0) is 42.8 Å². The molecule has 0 unspecified atom stereocenters. The molecule has 24 heavy (non-hydrogen) atoms.